The van der Waals surface area contributed by atoms with E-state index in [9.17, 15) is 9.90 Å². The van der Waals surface area contributed by atoms with Crippen molar-refractivity contribution in [3.8, 4) is 5.75 Å². The lowest BCUT2D eigenvalue weighted by molar-refractivity contribution is -0.138. The van der Waals surface area contributed by atoms with Gasteiger partial charge in [-0.1, -0.05) is 18.2 Å². The second-order valence-electron chi connectivity index (χ2n) is 5.05. The summed E-state index contributed by atoms with van der Waals surface area (Å²) in [5.74, 6) is 0.351. The first-order valence-electron chi connectivity index (χ1n) is 6.93. The maximum atomic E-state index is 12.3. The lowest BCUT2D eigenvalue weighted by atomic mass is 10.1. The van der Waals surface area contributed by atoms with Crippen molar-refractivity contribution in [2.75, 3.05) is 19.7 Å². The van der Waals surface area contributed by atoms with Crippen molar-refractivity contribution in [2.24, 2.45) is 0 Å². The molecule has 0 saturated carbocycles. The SMILES string of the molecule is O=C(Cc1cccs1)N1CCO[C@H](c2cccc(O)c2)C1. The molecule has 0 aliphatic carbocycles. The summed E-state index contributed by atoms with van der Waals surface area (Å²) in [6.45, 7) is 1.68. The summed E-state index contributed by atoms with van der Waals surface area (Å²) in [5.41, 5.74) is 0.906. The van der Waals surface area contributed by atoms with Crippen molar-refractivity contribution < 1.29 is 14.6 Å². The van der Waals surface area contributed by atoms with Crippen LogP contribution in [0.5, 0.6) is 5.75 Å². The highest BCUT2D eigenvalue weighted by molar-refractivity contribution is 7.10. The van der Waals surface area contributed by atoms with Crippen LogP contribution in [0.15, 0.2) is 41.8 Å². The number of phenolic OH excluding ortho intramolecular Hbond substituents is 1. The van der Waals surface area contributed by atoms with Gasteiger partial charge in [-0.05, 0) is 29.1 Å². The van der Waals surface area contributed by atoms with E-state index in [2.05, 4.69) is 0 Å². The minimum absolute atomic E-state index is 0.130. The largest absolute Gasteiger partial charge is 0.508 e. The van der Waals surface area contributed by atoms with Gasteiger partial charge in [-0.25, -0.2) is 0 Å². The molecular weight excluding hydrogens is 286 g/mol. The van der Waals surface area contributed by atoms with E-state index in [1.54, 1.807) is 29.5 Å². The van der Waals surface area contributed by atoms with Gasteiger partial charge in [-0.2, -0.15) is 0 Å². The van der Waals surface area contributed by atoms with E-state index in [4.69, 9.17) is 4.74 Å². The molecule has 21 heavy (non-hydrogen) atoms. The van der Waals surface area contributed by atoms with Crippen molar-refractivity contribution in [2.45, 2.75) is 12.5 Å². The molecule has 0 radical (unpaired) electrons. The summed E-state index contributed by atoms with van der Waals surface area (Å²) < 4.78 is 5.73. The van der Waals surface area contributed by atoms with Crippen LogP contribution in [0, 0.1) is 0 Å². The summed E-state index contributed by atoms with van der Waals surface area (Å²) in [7, 11) is 0. The van der Waals surface area contributed by atoms with Crippen LogP contribution >= 0.6 is 11.3 Å². The molecule has 110 valence electrons. The Morgan fingerprint density at radius 1 is 1.38 bits per heavy atom. The molecular formula is C16H17NO3S. The average molecular weight is 303 g/mol. The van der Waals surface area contributed by atoms with Gasteiger partial charge in [-0.3, -0.25) is 4.79 Å². The molecule has 1 aromatic heterocycles. The van der Waals surface area contributed by atoms with Crippen molar-refractivity contribution in [1.82, 2.24) is 4.90 Å². The van der Waals surface area contributed by atoms with Crippen LogP contribution < -0.4 is 0 Å². The minimum Gasteiger partial charge on any atom is -0.508 e. The number of morpholine rings is 1. The van der Waals surface area contributed by atoms with Crippen LogP contribution in [0.4, 0.5) is 0 Å². The molecule has 1 amide bonds. The Balaban J connectivity index is 1.66. The van der Waals surface area contributed by atoms with E-state index in [0.717, 1.165) is 10.4 Å². The van der Waals surface area contributed by atoms with Crippen LogP contribution in [0.1, 0.15) is 16.5 Å². The van der Waals surface area contributed by atoms with Crippen molar-refractivity contribution in [1.29, 1.82) is 0 Å². The number of hydrogen-bond acceptors (Lipinski definition) is 4. The first-order valence-corrected chi connectivity index (χ1v) is 7.81. The monoisotopic (exact) mass is 303 g/mol. The summed E-state index contributed by atoms with van der Waals surface area (Å²) in [5, 5.41) is 11.5. The lowest BCUT2D eigenvalue weighted by Crippen LogP contribution is -2.42. The zero-order valence-corrected chi connectivity index (χ0v) is 12.4. The van der Waals surface area contributed by atoms with E-state index in [-0.39, 0.29) is 17.8 Å². The second kappa shape index (κ2) is 6.28. The third-order valence-electron chi connectivity index (χ3n) is 3.57. The van der Waals surface area contributed by atoms with Gasteiger partial charge >= 0.3 is 0 Å². The summed E-state index contributed by atoms with van der Waals surface area (Å²) in [6, 6.07) is 11.0. The number of benzene rings is 1. The molecule has 2 aromatic rings. The van der Waals surface area contributed by atoms with Crippen LogP contribution in [0.3, 0.4) is 0 Å². The topological polar surface area (TPSA) is 49.8 Å². The zero-order chi connectivity index (χ0) is 14.7. The first kappa shape index (κ1) is 14.1. The molecule has 1 saturated heterocycles. The first-order chi connectivity index (χ1) is 10.2. The number of carbonyl (C=O) groups is 1. The van der Waals surface area contributed by atoms with Gasteiger partial charge in [0.25, 0.3) is 0 Å². The molecule has 5 heteroatoms. The highest BCUT2D eigenvalue weighted by Gasteiger charge is 2.25. The Morgan fingerprint density at radius 3 is 3.05 bits per heavy atom. The van der Waals surface area contributed by atoms with Gasteiger partial charge in [0.15, 0.2) is 0 Å². The van der Waals surface area contributed by atoms with E-state index in [1.807, 2.05) is 28.5 Å². The maximum Gasteiger partial charge on any atom is 0.228 e. The zero-order valence-electron chi connectivity index (χ0n) is 11.6. The normalized spacial score (nSPS) is 18.7. The Bertz CT molecular complexity index is 612. The molecule has 1 aliphatic heterocycles. The number of amides is 1. The van der Waals surface area contributed by atoms with E-state index in [0.29, 0.717) is 26.1 Å². The van der Waals surface area contributed by atoms with E-state index >= 15 is 0 Å². The molecule has 1 atom stereocenters. The molecule has 1 N–H and O–H groups in total. The Labute approximate surface area is 127 Å². The molecule has 2 heterocycles. The standard InChI is InChI=1S/C16H17NO3S/c18-13-4-1-3-12(9-13)15-11-17(6-7-20-15)16(19)10-14-5-2-8-21-14/h1-5,8-9,15,18H,6-7,10-11H2/t15-/m0/s1. The van der Waals surface area contributed by atoms with Gasteiger partial charge in [0.05, 0.1) is 19.6 Å². The second-order valence-corrected chi connectivity index (χ2v) is 6.08. The number of phenols is 1. The lowest BCUT2D eigenvalue weighted by Gasteiger charge is -2.33. The van der Waals surface area contributed by atoms with Gasteiger partial charge in [0.2, 0.25) is 5.91 Å². The van der Waals surface area contributed by atoms with E-state index in [1.165, 1.54) is 0 Å². The third kappa shape index (κ3) is 3.43. The molecule has 0 bridgehead atoms. The van der Waals surface area contributed by atoms with Gasteiger partial charge < -0.3 is 14.7 Å². The maximum absolute atomic E-state index is 12.3. The fraction of sp³-hybridized carbons (Fsp3) is 0.312. The number of hydrogen-bond donors (Lipinski definition) is 1. The van der Waals surface area contributed by atoms with Crippen LogP contribution in [0.25, 0.3) is 0 Å². The number of thiophene rings is 1. The predicted octanol–water partition coefficient (Wildman–Crippen LogP) is 2.60. The average Bonchev–Trinajstić information content (AvgIpc) is 3.00. The predicted molar refractivity (Wildman–Crippen MR) is 81.4 cm³/mol. The molecule has 1 aromatic carbocycles. The van der Waals surface area contributed by atoms with Gasteiger partial charge in [0, 0.05) is 11.4 Å². The smallest absolute Gasteiger partial charge is 0.228 e. The Morgan fingerprint density at radius 2 is 2.29 bits per heavy atom. The van der Waals surface area contributed by atoms with Crippen molar-refractivity contribution >= 4 is 17.2 Å². The van der Waals surface area contributed by atoms with Crippen molar-refractivity contribution in [3.63, 3.8) is 0 Å². The number of nitrogens with zero attached hydrogens (tertiary/aromatic N) is 1. The summed E-state index contributed by atoms with van der Waals surface area (Å²) in [6.07, 6.45) is 0.280. The fourth-order valence-corrected chi connectivity index (χ4v) is 3.17. The molecule has 1 fully saturated rings. The molecule has 4 nitrogen and oxygen atoms in total. The number of ether oxygens (including phenoxy) is 1. The fourth-order valence-electron chi connectivity index (χ4n) is 2.48. The van der Waals surface area contributed by atoms with Crippen LogP contribution in [0.2, 0.25) is 0 Å². The Kier molecular flexibility index (Phi) is 4.22. The summed E-state index contributed by atoms with van der Waals surface area (Å²) >= 11 is 1.60. The highest BCUT2D eigenvalue weighted by Crippen LogP contribution is 2.25. The van der Waals surface area contributed by atoms with Crippen LogP contribution in [-0.4, -0.2) is 35.6 Å². The third-order valence-corrected chi connectivity index (χ3v) is 4.44. The molecule has 1 aliphatic rings. The summed E-state index contributed by atoms with van der Waals surface area (Å²) in [4.78, 5) is 15.3. The highest BCUT2D eigenvalue weighted by atomic mass is 32.1. The molecule has 3 rings (SSSR count). The van der Waals surface area contributed by atoms with Gasteiger partial charge in [0.1, 0.15) is 11.9 Å². The Hall–Kier alpha value is -1.85. The van der Waals surface area contributed by atoms with Crippen molar-refractivity contribution in [3.05, 3.63) is 52.2 Å². The molecule has 0 spiro atoms. The number of rotatable bonds is 3. The molecule has 0 unspecified atom stereocenters. The van der Waals surface area contributed by atoms with Gasteiger partial charge in [-0.15, -0.1) is 11.3 Å². The number of carbonyl (C=O) groups excluding carboxylic acids is 1. The quantitative estimate of drug-likeness (QED) is 0.948. The minimum atomic E-state index is -0.168. The van der Waals surface area contributed by atoms with Crippen LogP contribution in [-0.2, 0) is 16.0 Å². The van der Waals surface area contributed by atoms with E-state index < -0.39 is 0 Å². The number of aromatic hydroxyl groups is 1.